The highest BCUT2D eigenvalue weighted by atomic mass is 19.1. The summed E-state index contributed by atoms with van der Waals surface area (Å²) in [6.45, 7) is 2.57. The van der Waals surface area contributed by atoms with Crippen molar-refractivity contribution in [3.05, 3.63) is 29.1 Å². The maximum atomic E-state index is 14.3. The van der Waals surface area contributed by atoms with E-state index in [-0.39, 0.29) is 5.82 Å². The second kappa shape index (κ2) is 6.40. The summed E-state index contributed by atoms with van der Waals surface area (Å²) < 4.78 is 19.4. The molecular formula is C19H27FN2O. The van der Waals surface area contributed by atoms with Crippen LogP contribution in [0.25, 0.3) is 0 Å². The fraction of sp³-hybridized carbons (Fsp3) is 0.684. The first-order chi connectivity index (χ1) is 11.3. The minimum absolute atomic E-state index is 0.158. The molecule has 0 radical (unpaired) electrons. The number of methoxy groups -OCH3 is 1. The molecule has 23 heavy (non-hydrogen) atoms. The Morgan fingerprint density at radius 3 is 2.70 bits per heavy atom. The second-order valence-corrected chi connectivity index (χ2v) is 7.33. The molecule has 1 aliphatic heterocycles. The molecular weight excluding hydrogens is 291 g/mol. The lowest BCUT2D eigenvalue weighted by atomic mass is 9.83. The molecule has 1 aromatic rings. The van der Waals surface area contributed by atoms with E-state index in [9.17, 15) is 4.39 Å². The number of nitrogens with zero attached hydrogens (tertiary/aromatic N) is 1. The zero-order chi connectivity index (χ0) is 15.8. The van der Waals surface area contributed by atoms with Crippen LogP contribution in [-0.4, -0.2) is 37.2 Å². The molecule has 3 aliphatic rings. The van der Waals surface area contributed by atoms with E-state index in [0.717, 1.165) is 30.0 Å². The van der Waals surface area contributed by atoms with E-state index in [1.165, 1.54) is 52.3 Å². The number of piperidine rings is 1. The molecule has 1 saturated heterocycles. The largest absolute Gasteiger partial charge is 0.494 e. The van der Waals surface area contributed by atoms with Gasteiger partial charge in [-0.2, -0.15) is 0 Å². The van der Waals surface area contributed by atoms with Gasteiger partial charge in [0.25, 0.3) is 0 Å². The summed E-state index contributed by atoms with van der Waals surface area (Å²) in [5, 5.41) is 3.77. The molecule has 1 aromatic carbocycles. The molecule has 1 saturated carbocycles. The number of hydrogen-bond acceptors (Lipinski definition) is 3. The molecule has 1 N–H and O–H groups in total. The third kappa shape index (κ3) is 2.87. The number of halogens is 1. The third-order valence-electron chi connectivity index (χ3n) is 5.98. The summed E-state index contributed by atoms with van der Waals surface area (Å²) in [5.74, 6) is 0.215. The van der Waals surface area contributed by atoms with Crippen molar-refractivity contribution in [1.82, 2.24) is 10.2 Å². The van der Waals surface area contributed by atoms with Crippen molar-refractivity contribution in [2.24, 2.45) is 0 Å². The van der Waals surface area contributed by atoms with Crippen molar-refractivity contribution in [3.8, 4) is 5.75 Å². The van der Waals surface area contributed by atoms with Gasteiger partial charge in [0.15, 0.2) is 11.6 Å². The van der Waals surface area contributed by atoms with Crippen LogP contribution >= 0.6 is 0 Å². The highest BCUT2D eigenvalue weighted by Gasteiger charge is 2.36. The predicted octanol–water partition coefficient (Wildman–Crippen LogP) is 3.43. The Morgan fingerprint density at radius 1 is 1.17 bits per heavy atom. The molecule has 1 unspecified atom stereocenters. The Kier molecular flexibility index (Phi) is 4.29. The monoisotopic (exact) mass is 318 g/mol. The molecule has 0 bridgehead atoms. The van der Waals surface area contributed by atoms with Crippen LogP contribution in [-0.2, 0) is 6.42 Å². The van der Waals surface area contributed by atoms with Gasteiger partial charge in [0.1, 0.15) is 0 Å². The van der Waals surface area contributed by atoms with E-state index in [0.29, 0.717) is 17.8 Å². The van der Waals surface area contributed by atoms with Gasteiger partial charge in [0, 0.05) is 18.1 Å². The molecule has 4 rings (SSSR count). The van der Waals surface area contributed by atoms with Gasteiger partial charge in [-0.1, -0.05) is 12.5 Å². The normalized spacial score (nSPS) is 30.8. The zero-order valence-electron chi connectivity index (χ0n) is 14.0. The van der Waals surface area contributed by atoms with Crippen molar-refractivity contribution >= 4 is 0 Å². The number of hydrogen-bond donors (Lipinski definition) is 1. The molecule has 4 heteroatoms. The molecule has 0 amide bonds. The van der Waals surface area contributed by atoms with Gasteiger partial charge >= 0.3 is 0 Å². The maximum absolute atomic E-state index is 14.3. The van der Waals surface area contributed by atoms with Crippen LogP contribution < -0.4 is 10.1 Å². The summed E-state index contributed by atoms with van der Waals surface area (Å²) in [5.41, 5.74) is 2.00. The number of benzene rings is 1. The van der Waals surface area contributed by atoms with Gasteiger partial charge in [-0.3, -0.25) is 0 Å². The van der Waals surface area contributed by atoms with Gasteiger partial charge in [0.05, 0.1) is 7.11 Å². The molecule has 3 nitrogen and oxygen atoms in total. The van der Waals surface area contributed by atoms with Gasteiger partial charge in [0.2, 0.25) is 0 Å². The Labute approximate surface area is 138 Å². The van der Waals surface area contributed by atoms with Crippen molar-refractivity contribution in [1.29, 1.82) is 0 Å². The maximum Gasteiger partial charge on any atom is 0.168 e. The van der Waals surface area contributed by atoms with Crippen molar-refractivity contribution in [3.63, 3.8) is 0 Å². The van der Waals surface area contributed by atoms with Crippen molar-refractivity contribution < 1.29 is 9.13 Å². The fourth-order valence-corrected chi connectivity index (χ4v) is 4.56. The Bertz CT molecular complexity index is 565. The molecule has 126 valence electrons. The van der Waals surface area contributed by atoms with Crippen LogP contribution in [0.5, 0.6) is 5.75 Å². The quantitative estimate of drug-likeness (QED) is 0.920. The first-order valence-electron chi connectivity index (χ1n) is 9.11. The Morgan fingerprint density at radius 2 is 1.96 bits per heavy atom. The number of likely N-dealkylation sites (tertiary alicyclic amines) is 1. The van der Waals surface area contributed by atoms with Crippen molar-refractivity contribution in [2.75, 3.05) is 20.2 Å². The van der Waals surface area contributed by atoms with E-state index in [1.54, 1.807) is 6.07 Å². The van der Waals surface area contributed by atoms with Gasteiger partial charge in [-0.25, -0.2) is 4.39 Å². The first kappa shape index (κ1) is 15.4. The SMILES string of the molecule is COc1ccc2c(c1F)CCC2NC1CC(N2CCCCC2)C1. The van der Waals surface area contributed by atoms with E-state index in [2.05, 4.69) is 10.2 Å². The van der Waals surface area contributed by atoms with Crippen LogP contribution in [0.2, 0.25) is 0 Å². The van der Waals surface area contributed by atoms with Crippen LogP contribution in [0.4, 0.5) is 4.39 Å². The minimum Gasteiger partial charge on any atom is -0.494 e. The summed E-state index contributed by atoms with van der Waals surface area (Å²) in [6, 6.07) is 5.51. The fourth-order valence-electron chi connectivity index (χ4n) is 4.56. The molecule has 0 spiro atoms. The molecule has 2 aliphatic carbocycles. The number of fused-ring (bicyclic) bond motifs is 1. The highest BCUT2D eigenvalue weighted by molar-refractivity contribution is 5.42. The third-order valence-corrected chi connectivity index (χ3v) is 5.98. The van der Waals surface area contributed by atoms with E-state index in [4.69, 9.17) is 4.74 Å². The number of rotatable bonds is 4. The molecule has 1 atom stereocenters. The molecule has 0 aromatic heterocycles. The Balaban J connectivity index is 1.35. The summed E-state index contributed by atoms with van der Waals surface area (Å²) in [4.78, 5) is 2.68. The van der Waals surface area contributed by atoms with Crippen LogP contribution in [0.15, 0.2) is 12.1 Å². The van der Waals surface area contributed by atoms with E-state index < -0.39 is 0 Å². The smallest absolute Gasteiger partial charge is 0.168 e. The zero-order valence-corrected chi connectivity index (χ0v) is 14.0. The average Bonchev–Trinajstić information content (AvgIpc) is 2.95. The first-order valence-corrected chi connectivity index (χ1v) is 9.11. The van der Waals surface area contributed by atoms with E-state index >= 15 is 0 Å². The van der Waals surface area contributed by atoms with Crippen molar-refractivity contribution in [2.45, 2.75) is 63.1 Å². The standard InChI is InChI=1S/C19H27FN2O/c1-23-18-8-6-15-16(19(18)20)5-7-17(15)21-13-11-14(12-13)22-9-3-2-4-10-22/h6,8,13-14,17,21H,2-5,7,9-12H2,1H3. The Hall–Kier alpha value is -1.13. The summed E-state index contributed by atoms with van der Waals surface area (Å²) >= 11 is 0. The highest BCUT2D eigenvalue weighted by Crippen LogP contribution is 2.38. The van der Waals surface area contributed by atoms with Gasteiger partial charge in [-0.15, -0.1) is 0 Å². The predicted molar refractivity (Wildman–Crippen MR) is 89.4 cm³/mol. The number of ether oxygens (including phenoxy) is 1. The van der Waals surface area contributed by atoms with Crippen LogP contribution in [0.3, 0.4) is 0 Å². The average molecular weight is 318 g/mol. The van der Waals surface area contributed by atoms with E-state index in [1.807, 2.05) is 6.07 Å². The minimum atomic E-state index is -0.158. The topological polar surface area (TPSA) is 24.5 Å². The number of nitrogens with one attached hydrogen (secondary N) is 1. The van der Waals surface area contributed by atoms with Gasteiger partial charge in [-0.05, 0) is 68.8 Å². The van der Waals surface area contributed by atoms with Crippen LogP contribution in [0.1, 0.15) is 55.7 Å². The lowest BCUT2D eigenvalue weighted by Crippen LogP contribution is -2.54. The molecule has 1 heterocycles. The molecule has 2 fully saturated rings. The summed E-state index contributed by atoms with van der Waals surface area (Å²) in [6.07, 6.45) is 8.47. The van der Waals surface area contributed by atoms with Crippen LogP contribution in [0, 0.1) is 5.82 Å². The second-order valence-electron chi connectivity index (χ2n) is 7.33. The lowest BCUT2D eigenvalue weighted by Gasteiger charge is -2.45. The lowest BCUT2D eigenvalue weighted by molar-refractivity contribution is 0.0741. The summed E-state index contributed by atoms with van der Waals surface area (Å²) in [7, 11) is 1.53. The van der Waals surface area contributed by atoms with Gasteiger partial charge < -0.3 is 15.0 Å².